The summed E-state index contributed by atoms with van der Waals surface area (Å²) >= 11 is 5.70. The third-order valence-corrected chi connectivity index (χ3v) is 2.45. The molecule has 4 heteroatoms. The summed E-state index contributed by atoms with van der Waals surface area (Å²) in [4.78, 5) is 8.65. The first-order chi connectivity index (χ1) is 6.22. The fraction of sp³-hybridized carbons (Fsp3) is 0.333. The monoisotopic (exact) mass is 195 g/mol. The van der Waals surface area contributed by atoms with Gasteiger partial charge in [-0.15, -0.1) is 11.6 Å². The van der Waals surface area contributed by atoms with Crippen LogP contribution in [0.3, 0.4) is 0 Å². The molecule has 0 radical (unpaired) electrons. The number of aromatic nitrogens is 3. The molecule has 0 bridgehead atoms. The highest BCUT2D eigenvalue weighted by Crippen LogP contribution is 2.14. The molecule has 68 valence electrons. The Morgan fingerprint density at radius 1 is 1.54 bits per heavy atom. The van der Waals surface area contributed by atoms with Crippen LogP contribution in [0.2, 0.25) is 0 Å². The fourth-order valence-corrected chi connectivity index (χ4v) is 1.45. The molecule has 0 unspecified atom stereocenters. The zero-order valence-corrected chi connectivity index (χ0v) is 8.34. The zero-order valence-electron chi connectivity index (χ0n) is 7.58. The Labute approximate surface area is 81.4 Å². The van der Waals surface area contributed by atoms with Gasteiger partial charge in [0.25, 0.3) is 0 Å². The number of halogens is 1. The Morgan fingerprint density at radius 2 is 2.31 bits per heavy atom. The lowest BCUT2D eigenvalue weighted by Crippen LogP contribution is -1.92. The Morgan fingerprint density at radius 3 is 3.00 bits per heavy atom. The quantitative estimate of drug-likeness (QED) is 0.652. The molecule has 3 nitrogen and oxygen atoms in total. The lowest BCUT2D eigenvalue weighted by atomic mass is 10.3. The van der Waals surface area contributed by atoms with Gasteiger partial charge >= 0.3 is 0 Å². The number of imidazole rings is 1. The van der Waals surface area contributed by atoms with E-state index < -0.39 is 0 Å². The van der Waals surface area contributed by atoms with Crippen molar-refractivity contribution in [3.63, 3.8) is 0 Å². The number of pyridine rings is 1. The molecular formula is C9H10ClN3. The Hall–Kier alpha value is -1.09. The van der Waals surface area contributed by atoms with Crippen molar-refractivity contribution in [1.29, 1.82) is 0 Å². The van der Waals surface area contributed by atoms with E-state index in [1.54, 1.807) is 6.20 Å². The van der Waals surface area contributed by atoms with Crippen molar-refractivity contribution < 1.29 is 0 Å². The van der Waals surface area contributed by atoms with Crippen molar-refractivity contribution in [3.8, 4) is 0 Å². The molecule has 2 rings (SSSR count). The highest BCUT2D eigenvalue weighted by molar-refractivity contribution is 6.17. The van der Waals surface area contributed by atoms with Gasteiger partial charge in [-0.25, -0.2) is 9.97 Å². The van der Waals surface area contributed by atoms with Gasteiger partial charge in [0.2, 0.25) is 0 Å². The van der Waals surface area contributed by atoms with Crippen LogP contribution in [0.4, 0.5) is 0 Å². The average Bonchev–Trinajstić information content (AvgIpc) is 2.42. The summed E-state index contributed by atoms with van der Waals surface area (Å²) in [6, 6.07) is 1.97. The van der Waals surface area contributed by atoms with Crippen molar-refractivity contribution in [2.24, 2.45) is 7.05 Å². The second-order valence-corrected chi connectivity index (χ2v) is 3.31. The third kappa shape index (κ3) is 1.29. The summed E-state index contributed by atoms with van der Waals surface area (Å²) < 4.78 is 1.97. The zero-order chi connectivity index (χ0) is 9.42. The van der Waals surface area contributed by atoms with Gasteiger partial charge in [-0.3, -0.25) is 0 Å². The summed E-state index contributed by atoms with van der Waals surface area (Å²) in [6.45, 7) is 1.96. The molecule has 2 heterocycles. The van der Waals surface area contributed by atoms with Crippen LogP contribution in [0.15, 0.2) is 12.3 Å². The summed E-state index contributed by atoms with van der Waals surface area (Å²) in [5.41, 5.74) is 2.83. The van der Waals surface area contributed by atoms with Gasteiger partial charge in [-0.2, -0.15) is 0 Å². The summed E-state index contributed by atoms with van der Waals surface area (Å²) in [6.07, 6.45) is 1.79. The molecule has 0 spiro atoms. The molecule has 0 aliphatic carbocycles. The van der Waals surface area contributed by atoms with Gasteiger partial charge in [0.15, 0.2) is 5.65 Å². The van der Waals surface area contributed by atoms with E-state index in [9.17, 15) is 0 Å². The van der Waals surface area contributed by atoms with Crippen molar-refractivity contribution in [2.45, 2.75) is 12.8 Å². The van der Waals surface area contributed by atoms with Gasteiger partial charge in [-0.05, 0) is 18.6 Å². The van der Waals surface area contributed by atoms with E-state index in [0.29, 0.717) is 5.88 Å². The molecule has 2 aromatic rings. The lowest BCUT2D eigenvalue weighted by Gasteiger charge is -1.96. The van der Waals surface area contributed by atoms with E-state index in [2.05, 4.69) is 9.97 Å². The van der Waals surface area contributed by atoms with Crippen molar-refractivity contribution in [2.75, 3.05) is 0 Å². The molecule has 0 atom stereocenters. The third-order valence-electron chi connectivity index (χ3n) is 2.14. The minimum atomic E-state index is 0.485. The molecule has 0 amide bonds. The lowest BCUT2D eigenvalue weighted by molar-refractivity contribution is 0.874. The summed E-state index contributed by atoms with van der Waals surface area (Å²) in [7, 11) is 1.96. The first-order valence-electron chi connectivity index (χ1n) is 4.06. The number of hydrogen-bond donors (Lipinski definition) is 0. The van der Waals surface area contributed by atoms with E-state index >= 15 is 0 Å². The minimum Gasteiger partial charge on any atom is -0.316 e. The maximum absolute atomic E-state index is 5.70. The van der Waals surface area contributed by atoms with Crippen molar-refractivity contribution in [1.82, 2.24) is 14.5 Å². The highest BCUT2D eigenvalue weighted by atomic mass is 35.5. The van der Waals surface area contributed by atoms with Crippen LogP contribution in [0.5, 0.6) is 0 Å². The molecule has 2 aromatic heterocycles. The van der Waals surface area contributed by atoms with Crippen LogP contribution in [0.1, 0.15) is 11.4 Å². The SMILES string of the molecule is Cc1nc2cc(CCl)cnc2n1C. The Balaban J connectivity index is 2.73. The number of nitrogens with zero attached hydrogens (tertiary/aromatic N) is 3. The van der Waals surface area contributed by atoms with E-state index in [4.69, 9.17) is 11.6 Å². The Kier molecular flexibility index (Phi) is 1.96. The fourth-order valence-electron chi connectivity index (χ4n) is 1.30. The van der Waals surface area contributed by atoms with Gasteiger partial charge < -0.3 is 4.57 Å². The first-order valence-corrected chi connectivity index (χ1v) is 4.59. The largest absolute Gasteiger partial charge is 0.316 e. The van der Waals surface area contributed by atoms with Gasteiger partial charge in [-0.1, -0.05) is 0 Å². The number of alkyl halides is 1. The molecule has 13 heavy (non-hydrogen) atoms. The van der Waals surface area contributed by atoms with E-state index in [1.165, 1.54) is 0 Å². The van der Waals surface area contributed by atoms with Crippen LogP contribution in [0, 0.1) is 6.92 Å². The summed E-state index contributed by atoms with van der Waals surface area (Å²) in [5.74, 6) is 1.45. The minimum absolute atomic E-state index is 0.485. The predicted molar refractivity (Wildman–Crippen MR) is 52.8 cm³/mol. The maximum Gasteiger partial charge on any atom is 0.159 e. The van der Waals surface area contributed by atoms with Gasteiger partial charge in [0.05, 0.1) is 0 Å². The van der Waals surface area contributed by atoms with Crippen LogP contribution in [0.25, 0.3) is 11.2 Å². The molecule has 0 N–H and O–H groups in total. The average molecular weight is 196 g/mol. The molecule has 0 aliphatic heterocycles. The summed E-state index contributed by atoms with van der Waals surface area (Å²) in [5, 5.41) is 0. The maximum atomic E-state index is 5.70. The van der Waals surface area contributed by atoms with Crippen LogP contribution < -0.4 is 0 Å². The standard InChI is InChI=1S/C9H10ClN3/c1-6-12-8-3-7(4-10)5-11-9(8)13(6)2/h3,5H,4H2,1-2H3. The van der Waals surface area contributed by atoms with Crippen molar-refractivity contribution in [3.05, 3.63) is 23.7 Å². The Bertz CT molecular complexity index is 447. The van der Waals surface area contributed by atoms with E-state index in [0.717, 1.165) is 22.6 Å². The highest BCUT2D eigenvalue weighted by Gasteiger charge is 2.05. The van der Waals surface area contributed by atoms with Crippen LogP contribution >= 0.6 is 11.6 Å². The topological polar surface area (TPSA) is 30.7 Å². The van der Waals surface area contributed by atoms with E-state index in [-0.39, 0.29) is 0 Å². The number of aryl methyl sites for hydroxylation is 2. The van der Waals surface area contributed by atoms with Gasteiger partial charge in [0.1, 0.15) is 11.3 Å². The normalized spacial score (nSPS) is 11.0. The molecule has 0 saturated carbocycles. The molecule has 0 aliphatic rings. The predicted octanol–water partition coefficient (Wildman–Crippen LogP) is 2.02. The first kappa shape index (κ1) is 8.51. The number of hydrogen-bond acceptors (Lipinski definition) is 2. The van der Waals surface area contributed by atoms with Gasteiger partial charge in [0, 0.05) is 19.1 Å². The smallest absolute Gasteiger partial charge is 0.159 e. The molecule has 0 aromatic carbocycles. The number of fused-ring (bicyclic) bond motifs is 1. The van der Waals surface area contributed by atoms with E-state index in [1.807, 2.05) is 24.6 Å². The molecular weight excluding hydrogens is 186 g/mol. The second kappa shape index (κ2) is 3.00. The molecule has 0 fully saturated rings. The molecule has 0 saturated heterocycles. The van der Waals surface area contributed by atoms with Crippen LogP contribution in [-0.2, 0) is 12.9 Å². The van der Waals surface area contributed by atoms with Crippen LogP contribution in [-0.4, -0.2) is 14.5 Å². The van der Waals surface area contributed by atoms with Crippen molar-refractivity contribution >= 4 is 22.8 Å². The second-order valence-electron chi connectivity index (χ2n) is 3.04. The number of rotatable bonds is 1.